The molecule has 1 aromatic rings. The second-order valence-corrected chi connectivity index (χ2v) is 4.77. The molecule has 0 atom stereocenters. The Morgan fingerprint density at radius 3 is 2.47 bits per heavy atom. The summed E-state index contributed by atoms with van der Waals surface area (Å²) >= 11 is 5.76. The number of likely N-dealkylation sites (N-methyl/N-ethyl adjacent to an activating group) is 1. The highest BCUT2D eigenvalue weighted by atomic mass is 35.5. The Morgan fingerprint density at radius 1 is 1.35 bits per heavy atom. The number of nitrogens with one attached hydrogen (secondary N) is 1. The van der Waals surface area contributed by atoms with E-state index in [1.807, 2.05) is 7.05 Å². The van der Waals surface area contributed by atoms with Gasteiger partial charge in [0.25, 0.3) is 5.91 Å². The van der Waals surface area contributed by atoms with Crippen molar-refractivity contribution in [2.75, 3.05) is 20.1 Å². The van der Waals surface area contributed by atoms with Crippen LogP contribution in [0.15, 0.2) is 24.3 Å². The zero-order valence-corrected chi connectivity index (χ0v) is 11.3. The van der Waals surface area contributed by atoms with Crippen LogP contribution >= 0.6 is 11.6 Å². The molecule has 0 saturated carbocycles. The van der Waals surface area contributed by atoms with Crippen molar-refractivity contribution >= 4 is 17.5 Å². The molecule has 3 nitrogen and oxygen atoms in total. The Kier molecular flexibility index (Phi) is 5.45. The van der Waals surface area contributed by atoms with Crippen LogP contribution in [0.4, 0.5) is 0 Å². The molecule has 0 unspecified atom stereocenters. The zero-order chi connectivity index (χ0) is 12.8. The van der Waals surface area contributed by atoms with Gasteiger partial charge in [-0.15, -0.1) is 0 Å². The lowest BCUT2D eigenvalue weighted by atomic mass is 10.2. The fourth-order valence-electron chi connectivity index (χ4n) is 1.31. The third-order valence-electron chi connectivity index (χ3n) is 2.74. The molecule has 17 heavy (non-hydrogen) atoms. The van der Waals surface area contributed by atoms with Gasteiger partial charge in [-0.2, -0.15) is 0 Å². The van der Waals surface area contributed by atoms with Crippen LogP contribution in [0.2, 0.25) is 5.02 Å². The first-order valence-corrected chi connectivity index (χ1v) is 6.12. The van der Waals surface area contributed by atoms with Crippen molar-refractivity contribution in [3.8, 4) is 0 Å². The summed E-state index contributed by atoms with van der Waals surface area (Å²) in [7, 11) is 2.04. The fraction of sp³-hybridized carbons (Fsp3) is 0.462. The van der Waals surface area contributed by atoms with Gasteiger partial charge in [0.2, 0.25) is 0 Å². The highest BCUT2D eigenvalue weighted by Gasteiger charge is 2.06. The van der Waals surface area contributed by atoms with Crippen molar-refractivity contribution in [2.45, 2.75) is 19.9 Å². The normalized spacial score (nSPS) is 10.9. The van der Waals surface area contributed by atoms with Crippen LogP contribution in [-0.2, 0) is 0 Å². The van der Waals surface area contributed by atoms with Crippen molar-refractivity contribution in [1.29, 1.82) is 0 Å². The van der Waals surface area contributed by atoms with E-state index in [2.05, 4.69) is 24.1 Å². The summed E-state index contributed by atoms with van der Waals surface area (Å²) in [6, 6.07) is 7.38. The number of hydrogen-bond donors (Lipinski definition) is 1. The number of nitrogens with zero attached hydrogens (tertiary/aromatic N) is 1. The molecule has 0 aliphatic carbocycles. The number of amides is 1. The molecule has 1 amide bonds. The van der Waals surface area contributed by atoms with Crippen LogP contribution in [0.25, 0.3) is 0 Å². The van der Waals surface area contributed by atoms with E-state index in [1.54, 1.807) is 24.3 Å². The lowest BCUT2D eigenvalue weighted by Crippen LogP contribution is -2.36. The molecule has 1 rings (SSSR count). The van der Waals surface area contributed by atoms with Gasteiger partial charge in [-0.05, 0) is 45.2 Å². The van der Waals surface area contributed by atoms with Crippen LogP contribution in [0.5, 0.6) is 0 Å². The lowest BCUT2D eigenvalue weighted by Gasteiger charge is -2.20. The maximum absolute atomic E-state index is 11.7. The molecule has 1 N–H and O–H groups in total. The van der Waals surface area contributed by atoms with Gasteiger partial charge >= 0.3 is 0 Å². The predicted octanol–water partition coefficient (Wildman–Crippen LogP) is 2.41. The first-order valence-electron chi connectivity index (χ1n) is 5.74. The summed E-state index contributed by atoms with van der Waals surface area (Å²) in [6.45, 7) is 5.75. The number of rotatable bonds is 5. The van der Waals surface area contributed by atoms with Crippen LogP contribution in [-0.4, -0.2) is 37.0 Å². The lowest BCUT2D eigenvalue weighted by molar-refractivity contribution is 0.0948. The van der Waals surface area contributed by atoms with E-state index in [0.717, 1.165) is 6.54 Å². The number of carbonyl (C=O) groups is 1. The Hall–Kier alpha value is -1.06. The minimum absolute atomic E-state index is 0.0566. The van der Waals surface area contributed by atoms with Gasteiger partial charge in [0.1, 0.15) is 0 Å². The van der Waals surface area contributed by atoms with E-state index in [1.165, 1.54) is 0 Å². The Balaban J connectivity index is 2.37. The van der Waals surface area contributed by atoms with Gasteiger partial charge in [0.05, 0.1) is 0 Å². The number of halogens is 1. The molecule has 0 aromatic heterocycles. The van der Waals surface area contributed by atoms with E-state index < -0.39 is 0 Å². The minimum atomic E-state index is -0.0566. The summed E-state index contributed by atoms with van der Waals surface area (Å²) < 4.78 is 0. The molecule has 1 aromatic carbocycles. The maximum Gasteiger partial charge on any atom is 0.251 e. The smallest absolute Gasteiger partial charge is 0.251 e. The van der Waals surface area contributed by atoms with Gasteiger partial charge in [-0.1, -0.05) is 11.6 Å². The summed E-state index contributed by atoms with van der Waals surface area (Å²) in [5.74, 6) is -0.0566. The first-order chi connectivity index (χ1) is 8.00. The third kappa shape index (κ3) is 4.75. The predicted molar refractivity (Wildman–Crippen MR) is 71.6 cm³/mol. The Morgan fingerprint density at radius 2 is 1.94 bits per heavy atom. The van der Waals surface area contributed by atoms with Gasteiger partial charge in [-0.3, -0.25) is 4.79 Å². The van der Waals surface area contributed by atoms with Gasteiger partial charge < -0.3 is 10.2 Å². The first kappa shape index (κ1) is 14.0. The second-order valence-electron chi connectivity index (χ2n) is 4.34. The average Bonchev–Trinajstić information content (AvgIpc) is 2.29. The van der Waals surface area contributed by atoms with Gasteiger partial charge in [0, 0.05) is 29.7 Å². The third-order valence-corrected chi connectivity index (χ3v) is 2.99. The summed E-state index contributed by atoms with van der Waals surface area (Å²) in [5, 5.41) is 3.52. The number of carbonyl (C=O) groups excluding carboxylic acids is 1. The highest BCUT2D eigenvalue weighted by molar-refractivity contribution is 6.30. The molecule has 0 aliphatic rings. The van der Waals surface area contributed by atoms with E-state index in [4.69, 9.17) is 11.6 Å². The number of hydrogen-bond acceptors (Lipinski definition) is 2. The summed E-state index contributed by atoms with van der Waals surface area (Å²) in [5.41, 5.74) is 0.640. The second kappa shape index (κ2) is 6.62. The van der Waals surface area contributed by atoms with Crippen molar-refractivity contribution in [2.24, 2.45) is 0 Å². The number of benzene rings is 1. The van der Waals surface area contributed by atoms with Crippen molar-refractivity contribution in [3.05, 3.63) is 34.9 Å². The van der Waals surface area contributed by atoms with Gasteiger partial charge in [0.15, 0.2) is 0 Å². The quantitative estimate of drug-likeness (QED) is 0.875. The fourth-order valence-corrected chi connectivity index (χ4v) is 1.43. The summed E-state index contributed by atoms with van der Waals surface area (Å²) in [6.07, 6.45) is 0. The highest BCUT2D eigenvalue weighted by Crippen LogP contribution is 2.09. The van der Waals surface area contributed by atoms with Gasteiger partial charge in [-0.25, -0.2) is 0 Å². The molecule has 4 heteroatoms. The minimum Gasteiger partial charge on any atom is -0.351 e. The largest absolute Gasteiger partial charge is 0.351 e. The molecule has 0 bridgehead atoms. The molecule has 0 radical (unpaired) electrons. The van der Waals surface area contributed by atoms with Crippen LogP contribution in [0.1, 0.15) is 24.2 Å². The van der Waals surface area contributed by atoms with Crippen LogP contribution in [0.3, 0.4) is 0 Å². The van der Waals surface area contributed by atoms with E-state index >= 15 is 0 Å². The molecule has 0 spiro atoms. The van der Waals surface area contributed by atoms with Crippen molar-refractivity contribution < 1.29 is 4.79 Å². The van der Waals surface area contributed by atoms with Crippen molar-refractivity contribution in [3.63, 3.8) is 0 Å². The van der Waals surface area contributed by atoms with E-state index in [-0.39, 0.29) is 5.91 Å². The van der Waals surface area contributed by atoms with Crippen molar-refractivity contribution in [1.82, 2.24) is 10.2 Å². The zero-order valence-electron chi connectivity index (χ0n) is 10.5. The SMILES string of the molecule is CC(C)N(C)CCNC(=O)c1ccc(Cl)cc1. The molecular formula is C13H19ClN2O. The standard InChI is InChI=1S/C13H19ClN2O/c1-10(2)16(3)9-8-15-13(17)11-4-6-12(14)7-5-11/h4-7,10H,8-9H2,1-3H3,(H,15,17). The Bertz CT molecular complexity index is 362. The monoisotopic (exact) mass is 254 g/mol. The maximum atomic E-state index is 11.7. The molecule has 0 aliphatic heterocycles. The molecule has 0 heterocycles. The van der Waals surface area contributed by atoms with E-state index in [9.17, 15) is 4.79 Å². The summed E-state index contributed by atoms with van der Waals surface area (Å²) in [4.78, 5) is 13.9. The topological polar surface area (TPSA) is 32.3 Å². The van der Waals surface area contributed by atoms with E-state index in [0.29, 0.717) is 23.2 Å². The Labute approximate surface area is 108 Å². The molecule has 0 saturated heterocycles. The average molecular weight is 255 g/mol. The van der Waals surface area contributed by atoms with Crippen LogP contribution < -0.4 is 5.32 Å². The molecule has 94 valence electrons. The molecule has 0 fully saturated rings. The molecular weight excluding hydrogens is 236 g/mol. The van der Waals surface area contributed by atoms with Crippen LogP contribution in [0, 0.1) is 0 Å².